The van der Waals surface area contributed by atoms with Crippen molar-refractivity contribution in [1.29, 1.82) is 0 Å². The molecule has 5 heteroatoms. The highest BCUT2D eigenvalue weighted by Gasteiger charge is 2.05. The Morgan fingerprint density at radius 3 is 2.93 bits per heavy atom. The summed E-state index contributed by atoms with van der Waals surface area (Å²) in [5, 5.41) is 4.64. The van der Waals surface area contributed by atoms with Crippen LogP contribution in [0.25, 0.3) is 5.69 Å². The van der Waals surface area contributed by atoms with Gasteiger partial charge in [-0.15, -0.1) is 0 Å². The van der Waals surface area contributed by atoms with Crippen LogP contribution in [0.2, 0.25) is 5.02 Å². The van der Waals surface area contributed by atoms with E-state index in [0.29, 0.717) is 10.8 Å². The van der Waals surface area contributed by atoms with E-state index in [4.69, 9.17) is 16.3 Å². The first kappa shape index (κ1) is 9.02. The van der Waals surface area contributed by atoms with Crippen molar-refractivity contribution >= 4 is 11.6 Å². The Morgan fingerprint density at radius 1 is 1.43 bits per heavy atom. The summed E-state index contributed by atoms with van der Waals surface area (Å²) in [4.78, 5) is 3.86. The summed E-state index contributed by atoms with van der Waals surface area (Å²) in [5.74, 6) is 0.708. The fourth-order valence-electron chi connectivity index (χ4n) is 1.17. The number of benzene rings is 1. The van der Waals surface area contributed by atoms with Gasteiger partial charge in [-0.25, -0.2) is 9.67 Å². The highest BCUT2D eigenvalue weighted by molar-refractivity contribution is 6.30. The van der Waals surface area contributed by atoms with Crippen LogP contribution < -0.4 is 4.74 Å². The SMILES string of the molecule is COc1ccc(Cl)cc1-n1cncn1. The molecule has 0 amide bonds. The van der Waals surface area contributed by atoms with Gasteiger partial charge in [0.2, 0.25) is 0 Å². The number of hydrogen-bond donors (Lipinski definition) is 0. The summed E-state index contributed by atoms with van der Waals surface area (Å²) in [6, 6.07) is 5.33. The molecule has 1 aromatic carbocycles. The lowest BCUT2D eigenvalue weighted by molar-refractivity contribution is 0.411. The Balaban J connectivity index is 2.55. The second kappa shape index (κ2) is 3.67. The third-order valence-corrected chi connectivity index (χ3v) is 2.04. The van der Waals surface area contributed by atoms with Crippen LogP contribution in [-0.2, 0) is 0 Å². The summed E-state index contributed by atoms with van der Waals surface area (Å²) in [6.45, 7) is 0. The van der Waals surface area contributed by atoms with Gasteiger partial charge in [0.25, 0.3) is 0 Å². The van der Waals surface area contributed by atoms with Crippen LogP contribution >= 0.6 is 11.6 Å². The smallest absolute Gasteiger partial charge is 0.144 e. The molecule has 1 aromatic heterocycles. The van der Waals surface area contributed by atoms with Gasteiger partial charge in [0, 0.05) is 5.02 Å². The van der Waals surface area contributed by atoms with Gasteiger partial charge in [0.05, 0.1) is 7.11 Å². The molecule has 2 rings (SSSR count). The predicted molar refractivity (Wildman–Crippen MR) is 52.9 cm³/mol. The molecule has 0 bridgehead atoms. The number of aromatic nitrogens is 3. The zero-order chi connectivity index (χ0) is 9.97. The molecule has 0 unspecified atom stereocenters. The third-order valence-electron chi connectivity index (χ3n) is 1.81. The number of methoxy groups -OCH3 is 1. The molecular formula is C9H8ClN3O. The van der Waals surface area contributed by atoms with Crippen LogP contribution in [0.5, 0.6) is 5.75 Å². The molecule has 0 spiro atoms. The Kier molecular flexibility index (Phi) is 2.37. The number of hydrogen-bond acceptors (Lipinski definition) is 3. The van der Waals surface area contributed by atoms with Crippen molar-refractivity contribution < 1.29 is 4.74 Å². The van der Waals surface area contributed by atoms with Crippen molar-refractivity contribution in [3.05, 3.63) is 35.9 Å². The predicted octanol–water partition coefficient (Wildman–Crippen LogP) is 1.93. The quantitative estimate of drug-likeness (QED) is 0.759. The average molecular weight is 210 g/mol. The molecule has 1 heterocycles. The van der Waals surface area contributed by atoms with E-state index in [1.165, 1.54) is 6.33 Å². The minimum Gasteiger partial charge on any atom is -0.494 e. The standard InChI is InChI=1S/C9H8ClN3O/c1-14-9-3-2-7(10)4-8(9)13-6-11-5-12-13/h2-6H,1H3. The molecule has 0 aliphatic carbocycles. The molecule has 0 aliphatic heterocycles. The Bertz CT molecular complexity index is 428. The van der Waals surface area contributed by atoms with E-state index in [1.807, 2.05) is 0 Å². The molecule has 72 valence electrons. The van der Waals surface area contributed by atoms with Gasteiger partial charge in [-0.1, -0.05) is 11.6 Å². The largest absolute Gasteiger partial charge is 0.494 e. The molecule has 0 N–H and O–H groups in total. The van der Waals surface area contributed by atoms with E-state index in [0.717, 1.165) is 5.69 Å². The van der Waals surface area contributed by atoms with E-state index in [-0.39, 0.29) is 0 Å². The number of nitrogens with zero attached hydrogens (tertiary/aromatic N) is 3. The lowest BCUT2D eigenvalue weighted by Crippen LogP contribution is -1.98. The molecule has 0 aliphatic rings. The fourth-order valence-corrected chi connectivity index (χ4v) is 1.34. The fraction of sp³-hybridized carbons (Fsp3) is 0.111. The summed E-state index contributed by atoms with van der Waals surface area (Å²) in [6.07, 6.45) is 3.05. The first-order chi connectivity index (χ1) is 6.81. The van der Waals surface area contributed by atoms with E-state index >= 15 is 0 Å². The second-order valence-corrected chi connectivity index (χ2v) is 3.09. The third kappa shape index (κ3) is 1.56. The van der Waals surface area contributed by atoms with Crippen LogP contribution in [0.4, 0.5) is 0 Å². The Hall–Kier alpha value is -1.55. The van der Waals surface area contributed by atoms with E-state index in [9.17, 15) is 0 Å². The lowest BCUT2D eigenvalue weighted by atomic mass is 10.3. The minimum absolute atomic E-state index is 0.635. The first-order valence-electron chi connectivity index (χ1n) is 4.00. The van der Waals surface area contributed by atoms with Crippen molar-refractivity contribution in [1.82, 2.24) is 14.8 Å². The monoisotopic (exact) mass is 209 g/mol. The van der Waals surface area contributed by atoms with Gasteiger partial charge < -0.3 is 4.74 Å². The van der Waals surface area contributed by atoms with Crippen molar-refractivity contribution in [2.24, 2.45) is 0 Å². The summed E-state index contributed by atoms with van der Waals surface area (Å²) < 4.78 is 6.78. The summed E-state index contributed by atoms with van der Waals surface area (Å²) in [7, 11) is 1.60. The van der Waals surface area contributed by atoms with Gasteiger partial charge in [-0.2, -0.15) is 5.10 Å². The maximum Gasteiger partial charge on any atom is 0.144 e. The van der Waals surface area contributed by atoms with E-state index < -0.39 is 0 Å². The molecule has 0 fully saturated rings. The Morgan fingerprint density at radius 2 is 2.29 bits per heavy atom. The molecule has 4 nitrogen and oxygen atoms in total. The van der Waals surface area contributed by atoms with Crippen LogP contribution in [0, 0.1) is 0 Å². The molecule has 0 radical (unpaired) electrons. The number of rotatable bonds is 2. The van der Waals surface area contributed by atoms with Gasteiger partial charge in [-0.05, 0) is 18.2 Å². The van der Waals surface area contributed by atoms with Crippen molar-refractivity contribution in [2.75, 3.05) is 7.11 Å². The van der Waals surface area contributed by atoms with Crippen molar-refractivity contribution in [2.45, 2.75) is 0 Å². The Labute approximate surface area is 86.1 Å². The molecule has 2 aromatic rings. The maximum atomic E-state index is 5.87. The highest BCUT2D eigenvalue weighted by atomic mass is 35.5. The summed E-state index contributed by atoms with van der Waals surface area (Å²) >= 11 is 5.87. The lowest BCUT2D eigenvalue weighted by Gasteiger charge is -2.07. The minimum atomic E-state index is 0.635. The van der Waals surface area contributed by atoms with Crippen LogP contribution in [0.1, 0.15) is 0 Å². The van der Waals surface area contributed by atoms with Gasteiger partial charge in [-0.3, -0.25) is 0 Å². The van der Waals surface area contributed by atoms with Crippen LogP contribution in [0.15, 0.2) is 30.9 Å². The molecule has 0 saturated carbocycles. The normalized spacial score (nSPS) is 10.1. The molecular weight excluding hydrogens is 202 g/mol. The van der Waals surface area contributed by atoms with Gasteiger partial charge in [0.1, 0.15) is 24.1 Å². The number of ether oxygens (including phenoxy) is 1. The first-order valence-corrected chi connectivity index (χ1v) is 4.37. The maximum absolute atomic E-state index is 5.87. The topological polar surface area (TPSA) is 39.9 Å². The van der Waals surface area contributed by atoms with Crippen LogP contribution in [-0.4, -0.2) is 21.9 Å². The second-order valence-electron chi connectivity index (χ2n) is 2.66. The van der Waals surface area contributed by atoms with Gasteiger partial charge in [0.15, 0.2) is 0 Å². The van der Waals surface area contributed by atoms with Crippen molar-refractivity contribution in [3.8, 4) is 11.4 Å². The van der Waals surface area contributed by atoms with E-state index in [2.05, 4.69) is 10.1 Å². The number of halogens is 1. The zero-order valence-corrected chi connectivity index (χ0v) is 8.27. The average Bonchev–Trinajstić information content (AvgIpc) is 2.70. The highest BCUT2D eigenvalue weighted by Crippen LogP contribution is 2.25. The van der Waals surface area contributed by atoms with E-state index in [1.54, 1.807) is 36.3 Å². The molecule has 0 saturated heterocycles. The van der Waals surface area contributed by atoms with Crippen molar-refractivity contribution in [3.63, 3.8) is 0 Å². The van der Waals surface area contributed by atoms with Gasteiger partial charge >= 0.3 is 0 Å². The molecule has 0 atom stereocenters. The molecule has 14 heavy (non-hydrogen) atoms. The summed E-state index contributed by atoms with van der Waals surface area (Å²) in [5.41, 5.74) is 0.775. The van der Waals surface area contributed by atoms with Crippen LogP contribution in [0.3, 0.4) is 0 Å². The zero-order valence-electron chi connectivity index (χ0n) is 7.51.